The largest absolute Gasteiger partial charge is 0.490 e. The summed E-state index contributed by atoms with van der Waals surface area (Å²) in [6.07, 6.45) is 0. The van der Waals surface area contributed by atoms with E-state index in [-0.39, 0.29) is 18.7 Å². The topological polar surface area (TPSA) is 88.4 Å². The number of aromatic nitrogens is 1. The maximum Gasteiger partial charge on any atom is 0.326 e. The minimum absolute atomic E-state index is 0.0841. The quantitative estimate of drug-likeness (QED) is 0.365. The van der Waals surface area contributed by atoms with Crippen LogP contribution in [0.2, 0.25) is 5.02 Å². The lowest BCUT2D eigenvalue weighted by Crippen LogP contribution is -2.23. The zero-order valence-corrected chi connectivity index (χ0v) is 21.1. The Morgan fingerprint density at radius 1 is 0.941 bits per heavy atom. The van der Waals surface area contributed by atoms with Gasteiger partial charge in [0, 0.05) is 10.6 Å². The predicted molar refractivity (Wildman–Crippen MR) is 131 cm³/mol. The summed E-state index contributed by atoms with van der Waals surface area (Å²) < 4.78 is 24.7. The van der Waals surface area contributed by atoms with Crippen LogP contribution in [0.25, 0.3) is 10.2 Å². The molecule has 0 fully saturated rings. The number of benzene rings is 2. The summed E-state index contributed by atoms with van der Waals surface area (Å²) in [5.74, 6) is 0.300. The van der Waals surface area contributed by atoms with Crippen molar-refractivity contribution in [3.8, 4) is 17.2 Å². The van der Waals surface area contributed by atoms with Gasteiger partial charge in [0.25, 0.3) is 5.91 Å². The van der Waals surface area contributed by atoms with Crippen molar-refractivity contribution >= 4 is 45.0 Å². The molecule has 3 aromatic rings. The molecule has 0 N–H and O–H groups in total. The first-order chi connectivity index (χ1) is 16.4. The number of halogens is 1. The van der Waals surface area contributed by atoms with Gasteiger partial charge < -0.3 is 23.5 Å². The zero-order chi connectivity index (χ0) is 24.7. The Kier molecular flexibility index (Phi) is 8.95. The Bertz CT molecular complexity index is 1220. The molecule has 10 heteroatoms. The van der Waals surface area contributed by atoms with Crippen molar-refractivity contribution in [2.24, 2.45) is 4.99 Å². The average Bonchev–Trinajstić information content (AvgIpc) is 3.11. The van der Waals surface area contributed by atoms with Crippen molar-refractivity contribution in [2.45, 2.75) is 34.2 Å². The van der Waals surface area contributed by atoms with Gasteiger partial charge in [-0.25, -0.2) is 0 Å². The number of amides is 1. The third-order valence-electron chi connectivity index (χ3n) is 4.59. The summed E-state index contributed by atoms with van der Waals surface area (Å²) in [6.45, 7) is 8.64. The molecule has 34 heavy (non-hydrogen) atoms. The summed E-state index contributed by atoms with van der Waals surface area (Å²) in [7, 11) is 0. The molecule has 0 bridgehead atoms. The molecule has 1 amide bonds. The van der Waals surface area contributed by atoms with Crippen molar-refractivity contribution in [3.63, 3.8) is 0 Å². The number of thiazole rings is 1. The van der Waals surface area contributed by atoms with E-state index >= 15 is 0 Å². The molecule has 0 spiro atoms. The molecular weight excluding hydrogens is 480 g/mol. The van der Waals surface area contributed by atoms with E-state index in [0.29, 0.717) is 46.9 Å². The second kappa shape index (κ2) is 11.9. The molecule has 0 saturated heterocycles. The fourth-order valence-corrected chi connectivity index (χ4v) is 4.59. The molecule has 0 aliphatic rings. The van der Waals surface area contributed by atoms with E-state index in [0.717, 1.165) is 10.2 Å². The fourth-order valence-electron chi connectivity index (χ4n) is 3.28. The highest BCUT2D eigenvalue weighted by atomic mass is 35.5. The van der Waals surface area contributed by atoms with Crippen LogP contribution in [0.1, 0.15) is 38.1 Å². The summed E-state index contributed by atoms with van der Waals surface area (Å²) in [5, 5.41) is 0.545. The maximum atomic E-state index is 13.2. The van der Waals surface area contributed by atoms with Gasteiger partial charge in [-0.2, -0.15) is 4.99 Å². The summed E-state index contributed by atoms with van der Waals surface area (Å²) in [4.78, 5) is 30.1. The zero-order valence-electron chi connectivity index (χ0n) is 19.6. The number of hydrogen-bond acceptors (Lipinski definition) is 7. The van der Waals surface area contributed by atoms with Gasteiger partial charge in [0.2, 0.25) is 5.75 Å². The molecule has 0 saturated carbocycles. The van der Waals surface area contributed by atoms with E-state index in [2.05, 4.69) is 4.99 Å². The number of carbonyl (C=O) groups is 2. The lowest BCUT2D eigenvalue weighted by molar-refractivity contribution is -0.143. The summed E-state index contributed by atoms with van der Waals surface area (Å²) in [6, 6.07) is 8.45. The van der Waals surface area contributed by atoms with E-state index in [1.54, 1.807) is 41.8 Å². The Labute approximate surface area is 206 Å². The van der Waals surface area contributed by atoms with E-state index in [4.69, 9.17) is 30.5 Å². The first-order valence-corrected chi connectivity index (χ1v) is 12.2. The minimum Gasteiger partial charge on any atom is -0.490 e. The van der Waals surface area contributed by atoms with E-state index in [1.165, 1.54) is 11.3 Å². The third-order valence-corrected chi connectivity index (χ3v) is 5.87. The minimum atomic E-state index is -0.514. The summed E-state index contributed by atoms with van der Waals surface area (Å²) >= 11 is 7.40. The lowest BCUT2D eigenvalue weighted by atomic mass is 10.1. The Balaban J connectivity index is 2.13. The van der Waals surface area contributed by atoms with Crippen molar-refractivity contribution in [2.75, 3.05) is 26.4 Å². The van der Waals surface area contributed by atoms with E-state index in [9.17, 15) is 9.59 Å². The monoisotopic (exact) mass is 506 g/mol. The van der Waals surface area contributed by atoms with Crippen LogP contribution in [-0.4, -0.2) is 42.9 Å². The SMILES string of the molecule is CCOC(=O)Cn1c(=NC(=O)c2cc(OCC)c(OCC)c(OCC)c2)sc2cc(Cl)ccc21. The van der Waals surface area contributed by atoms with Crippen LogP contribution in [0, 0.1) is 0 Å². The van der Waals surface area contributed by atoms with Gasteiger partial charge in [0.1, 0.15) is 6.54 Å². The Morgan fingerprint density at radius 2 is 1.59 bits per heavy atom. The maximum absolute atomic E-state index is 13.2. The molecule has 0 aliphatic heterocycles. The summed E-state index contributed by atoms with van der Waals surface area (Å²) in [5.41, 5.74) is 0.999. The Hall–Kier alpha value is -3.04. The van der Waals surface area contributed by atoms with Gasteiger partial charge in [-0.3, -0.25) is 9.59 Å². The third kappa shape index (κ3) is 5.90. The van der Waals surface area contributed by atoms with Crippen molar-refractivity contribution in [1.29, 1.82) is 0 Å². The van der Waals surface area contributed by atoms with Crippen molar-refractivity contribution < 1.29 is 28.5 Å². The van der Waals surface area contributed by atoms with Crippen molar-refractivity contribution in [3.05, 3.63) is 45.7 Å². The van der Waals surface area contributed by atoms with Crippen molar-refractivity contribution in [1.82, 2.24) is 4.57 Å². The molecule has 0 radical (unpaired) electrons. The lowest BCUT2D eigenvalue weighted by Gasteiger charge is -2.16. The van der Waals surface area contributed by atoms with Gasteiger partial charge >= 0.3 is 5.97 Å². The van der Waals surface area contributed by atoms with Gasteiger partial charge in [-0.05, 0) is 58.0 Å². The van der Waals surface area contributed by atoms with Gasteiger partial charge in [0.05, 0.1) is 36.6 Å². The molecule has 1 aromatic heterocycles. The number of rotatable bonds is 10. The first-order valence-electron chi connectivity index (χ1n) is 11.0. The van der Waals surface area contributed by atoms with Gasteiger partial charge in [-0.15, -0.1) is 0 Å². The van der Waals surface area contributed by atoms with E-state index < -0.39 is 11.9 Å². The standard InChI is InChI=1S/C24H27ClN2O6S/c1-5-30-18-11-15(12-19(31-6-2)22(18)33-8-4)23(29)26-24-27(14-21(28)32-7-3)17-10-9-16(25)13-20(17)34-24/h9-13H,5-8,14H2,1-4H3. The highest BCUT2D eigenvalue weighted by Crippen LogP contribution is 2.39. The highest BCUT2D eigenvalue weighted by Gasteiger charge is 2.19. The van der Waals surface area contributed by atoms with Crippen LogP contribution in [-0.2, 0) is 16.1 Å². The fraction of sp³-hybridized carbons (Fsp3) is 0.375. The number of nitrogens with zero attached hydrogens (tertiary/aromatic N) is 2. The molecule has 182 valence electrons. The second-order valence-electron chi connectivity index (χ2n) is 6.91. The van der Waals surface area contributed by atoms with Crippen LogP contribution in [0.3, 0.4) is 0 Å². The number of fused-ring (bicyclic) bond motifs is 1. The van der Waals surface area contributed by atoms with Gasteiger partial charge in [0.15, 0.2) is 16.3 Å². The Morgan fingerprint density at radius 3 is 2.18 bits per heavy atom. The smallest absolute Gasteiger partial charge is 0.326 e. The van der Waals surface area contributed by atoms with E-state index in [1.807, 2.05) is 20.8 Å². The number of carbonyl (C=O) groups excluding carboxylic acids is 2. The number of hydrogen-bond donors (Lipinski definition) is 0. The van der Waals surface area contributed by atoms with Crippen LogP contribution in [0.5, 0.6) is 17.2 Å². The molecular formula is C24H27ClN2O6S. The molecule has 2 aromatic carbocycles. The molecule has 0 unspecified atom stereocenters. The molecule has 1 heterocycles. The molecule has 3 rings (SSSR count). The average molecular weight is 507 g/mol. The van der Waals surface area contributed by atoms with Crippen LogP contribution < -0.4 is 19.0 Å². The second-order valence-corrected chi connectivity index (χ2v) is 8.35. The van der Waals surface area contributed by atoms with Crippen LogP contribution >= 0.6 is 22.9 Å². The molecule has 0 atom stereocenters. The van der Waals surface area contributed by atoms with Gasteiger partial charge in [-0.1, -0.05) is 22.9 Å². The van der Waals surface area contributed by atoms with Crippen LogP contribution in [0.15, 0.2) is 35.3 Å². The normalized spacial score (nSPS) is 11.5. The number of esters is 1. The number of ether oxygens (including phenoxy) is 4. The molecule has 8 nitrogen and oxygen atoms in total. The predicted octanol–water partition coefficient (Wildman–Crippen LogP) is 4.86. The van der Waals surface area contributed by atoms with Crippen LogP contribution in [0.4, 0.5) is 0 Å². The molecule has 0 aliphatic carbocycles. The highest BCUT2D eigenvalue weighted by molar-refractivity contribution is 7.16. The first kappa shape index (κ1) is 25.6.